The van der Waals surface area contributed by atoms with E-state index in [1.807, 2.05) is 6.07 Å². The van der Waals surface area contributed by atoms with E-state index < -0.39 is 5.82 Å². The first kappa shape index (κ1) is 14.2. The standard InChI is InChI=1S/C15H12ClFN2O/c1-20-15-5-4-12(16)7-14(15)19-9-11-3-2-10(8-18)6-13(11)17/h2-7,19H,9H2,1H3. The summed E-state index contributed by atoms with van der Waals surface area (Å²) in [7, 11) is 1.55. The van der Waals surface area contributed by atoms with E-state index in [1.54, 1.807) is 37.4 Å². The molecular formula is C15H12ClFN2O. The fraction of sp³-hybridized carbons (Fsp3) is 0.133. The predicted molar refractivity (Wildman–Crippen MR) is 76.4 cm³/mol. The van der Waals surface area contributed by atoms with Crippen LogP contribution in [0.25, 0.3) is 0 Å². The van der Waals surface area contributed by atoms with Crippen LogP contribution >= 0.6 is 11.6 Å². The van der Waals surface area contributed by atoms with E-state index in [0.29, 0.717) is 27.6 Å². The summed E-state index contributed by atoms with van der Waals surface area (Å²) in [4.78, 5) is 0. The lowest BCUT2D eigenvalue weighted by atomic mass is 10.1. The monoisotopic (exact) mass is 290 g/mol. The van der Waals surface area contributed by atoms with E-state index in [0.717, 1.165) is 0 Å². The maximum atomic E-state index is 13.8. The largest absolute Gasteiger partial charge is 0.495 e. The van der Waals surface area contributed by atoms with Crippen LogP contribution in [-0.2, 0) is 6.54 Å². The number of hydrogen-bond donors (Lipinski definition) is 1. The van der Waals surface area contributed by atoms with Gasteiger partial charge in [0, 0.05) is 17.1 Å². The molecule has 0 unspecified atom stereocenters. The van der Waals surface area contributed by atoms with Crippen LogP contribution in [0.3, 0.4) is 0 Å². The molecule has 0 aliphatic carbocycles. The number of hydrogen-bond acceptors (Lipinski definition) is 3. The predicted octanol–water partition coefficient (Wildman–Crippen LogP) is 3.97. The van der Waals surface area contributed by atoms with Gasteiger partial charge in [-0.3, -0.25) is 0 Å². The molecule has 0 saturated heterocycles. The first-order chi connectivity index (χ1) is 9.63. The molecule has 20 heavy (non-hydrogen) atoms. The molecule has 0 spiro atoms. The molecule has 3 nitrogen and oxygen atoms in total. The first-order valence-corrected chi connectivity index (χ1v) is 6.28. The normalized spacial score (nSPS) is 9.90. The van der Waals surface area contributed by atoms with Crippen LogP contribution in [0.1, 0.15) is 11.1 Å². The molecule has 1 N–H and O–H groups in total. The van der Waals surface area contributed by atoms with Crippen LogP contribution in [0.2, 0.25) is 5.02 Å². The van der Waals surface area contributed by atoms with E-state index in [1.165, 1.54) is 6.07 Å². The fourth-order valence-electron chi connectivity index (χ4n) is 1.77. The molecule has 0 heterocycles. The topological polar surface area (TPSA) is 45.0 Å². The third-order valence-corrected chi connectivity index (χ3v) is 3.05. The Labute approximate surface area is 121 Å². The van der Waals surface area contributed by atoms with E-state index >= 15 is 0 Å². The second-order valence-corrected chi connectivity index (χ2v) is 4.55. The van der Waals surface area contributed by atoms with Crippen molar-refractivity contribution in [2.45, 2.75) is 6.54 Å². The highest BCUT2D eigenvalue weighted by atomic mass is 35.5. The molecule has 0 amide bonds. The summed E-state index contributed by atoms with van der Waals surface area (Å²) in [6.45, 7) is 0.272. The van der Waals surface area contributed by atoms with Crippen molar-refractivity contribution in [1.29, 1.82) is 5.26 Å². The Hall–Kier alpha value is -2.25. The van der Waals surface area contributed by atoms with Crippen LogP contribution < -0.4 is 10.1 Å². The number of halogens is 2. The van der Waals surface area contributed by atoms with Crippen molar-refractivity contribution in [1.82, 2.24) is 0 Å². The number of anilines is 1. The lowest BCUT2D eigenvalue weighted by molar-refractivity contribution is 0.416. The van der Waals surface area contributed by atoms with Crippen molar-refractivity contribution in [3.8, 4) is 11.8 Å². The Morgan fingerprint density at radius 3 is 2.75 bits per heavy atom. The van der Waals surface area contributed by atoms with Crippen LogP contribution in [0, 0.1) is 17.1 Å². The average molecular weight is 291 g/mol. The third kappa shape index (κ3) is 3.19. The Balaban J connectivity index is 2.17. The van der Waals surface area contributed by atoms with Crippen molar-refractivity contribution in [3.05, 3.63) is 58.4 Å². The van der Waals surface area contributed by atoms with Gasteiger partial charge in [-0.05, 0) is 30.3 Å². The van der Waals surface area contributed by atoms with Gasteiger partial charge >= 0.3 is 0 Å². The van der Waals surface area contributed by atoms with Gasteiger partial charge in [0.25, 0.3) is 0 Å². The smallest absolute Gasteiger partial charge is 0.142 e. The Kier molecular flexibility index (Phi) is 4.44. The van der Waals surface area contributed by atoms with Crippen molar-refractivity contribution < 1.29 is 9.13 Å². The van der Waals surface area contributed by atoms with Crippen molar-refractivity contribution >= 4 is 17.3 Å². The Bertz CT molecular complexity index is 667. The number of rotatable bonds is 4. The number of nitrogens with one attached hydrogen (secondary N) is 1. The number of benzene rings is 2. The summed E-state index contributed by atoms with van der Waals surface area (Å²) in [6, 6.07) is 11.4. The van der Waals surface area contributed by atoms with Crippen molar-refractivity contribution in [2.75, 3.05) is 12.4 Å². The minimum atomic E-state index is -0.419. The molecule has 5 heteroatoms. The van der Waals surface area contributed by atoms with Gasteiger partial charge in [0.1, 0.15) is 11.6 Å². The molecule has 2 rings (SSSR count). The summed E-state index contributed by atoms with van der Waals surface area (Å²) in [6.07, 6.45) is 0. The maximum absolute atomic E-state index is 13.8. The van der Waals surface area contributed by atoms with Gasteiger partial charge in [-0.25, -0.2) is 4.39 Å². The quantitative estimate of drug-likeness (QED) is 0.926. The van der Waals surface area contributed by atoms with Gasteiger partial charge in [-0.15, -0.1) is 0 Å². The molecule has 0 atom stereocenters. The second-order valence-electron chi connectivity index (χ2n) is 4.12. The van der Waals surface area contributed by atoms with Gasteiger partial charge in [0.15, 0.2) is 0 Å². The molecule has 2 aromatic carbocycles. The van der Waals surface area contributed by atoms with Crippen molar-refractivity contribution in [3.63, 3.8) is 0 Å². The molecular weight excluding hydrogens is 279 g/mol. The van der Waals surface area contributed by atoms with Crippen molar-refractivity contribution in [2.24, 2.45) is 0 Å². The van der Waals surface area contributed by atoms with E-state index in [4.69, 9.17) is 21.6 Å². The molecule has 0 bridgehead atoms. The van der Waals surface area contributed by atoms with Gasteiger partial charge in [-0.2, -0.15) is 5.26 Å². The zero-order chi connectivity index (χ0) is 14.5. The molecule has 2 aromatic rings. The molecule has 0 radical (unpaired) electrons. The first-order valence-electron chi connectivity index (χ1n) is 5.90. The van der Waals surface area contributed by atoms with Gasteiger partial charge < -0.3 is 10.1 Å². The average Bonchev–Trinajstić information content (AvgIpc) is 2.46. The SMILES string of the molecule is COc1ccc(Cl)cc1NCc1ccc(C#N)cc1F. The minimum absolute atomic E-state index is 0.272. The number of ether oxygens (including phenoxy) is 1. The summed E-state index contributed by atoms with van der Waals surface area (Å²) in [5, 5.41) is 12.3. The third-order valence-electron chi connectivity index (χ3n) is 2.81. The summed E-state index contributed by atoms with van der Waals surface area (Å²) < 4.78 is 19.0. The summed E-state index contributed by atoms with van der Waals surface area (Å²) in [5.41, 5.74) is 1.45. The highest BCUT2D eigenvalue weighted by molar-refractivity contribution is 6.30. The lowest BCUT2D eigenvalue weighted by Crippen LogP contribution is -2.03. The number of methoxy groups -OCH3 is 1. The number of nitrogens with zero attached hydrogens (tertiary/aromatic N) is 1. The highest BCUT2D eigenvalue weighted by Crippen LogP contribution is 2.28. The van der Waals surface area contributed by atoms with Crippen LogP contribution in [-0.4, -0.2) is 7.11 Å². The zero-order valence-corrected chi connectivity index (χ0v) is 11.5. The van der Waals surface area contributed by atoms with Crippen LogP contribution in [0.5, 0.6) is 5.75 Å². The Morgan fingerprint density at radius 1 is 1.30 bits per heavy atom. The fourth-order valence-corrected chi connectivity index (χ4v) is 1.94. The van der Waals surface area contributed by atoms with E-state index in [2.05, 4.69) is 5.32 Å². The molecule has 0 fully saturated rings. The van der Waals surface area contributed by atoms with E-state index in [9.17, 15) is 4.39 Å². The molecule has 0 aromatic heterocycles. The maximum Gasteiger partial charge on any atom is 0.142 e. The molecule has 0 aliphatic heterocycles. The van der Waals surface area contributed by atoms with Gasteiger partial charge in [0.2, 0.25) is 0 Å². The molecule has 0 aliphatic rings. The van der Waals surface area contributed by atoms with E-state index in [-0.39, 0.29) is 6.54 Å². The molecule has 0 saturated carbocycles. The number of nitriles is 1. The minimum Gasteiger partial charge on any atom is -0.495 e. The Morgan fingerprint density at radius 2 is 2.10 bits per heavy atom. The highest BCUT2D eigenvalue weighted by Gasteiger charge is 2.07. The lowest BCUT2D eigenvalue weighted by Gasteiger charge is -2.12. The van der Waals surface area contributed by atoms with Gasteiger partial charge in [0.05, 0.1) is 24.4 Å². The zero-order valence-electron chi connectivity index (χ0n) is 10.8. The van der Waals surface area contributed by atoms with Crippen LogP contribution in [0.4, 0.5) is 10.1 Å². The summed E-state index contributed by atoms with van der Waals surface area (Å²) >= 11 is 5.92. The van der Waals surface area contributed by atoms with Crippen LogP contribution in [0.15, 0.2) is 36.4 Å². The second kappa shape index (κ2) is 6.27. The molecule has 102 valence electrons. The summed E-state index contributed by atoms with van der Waals surface area (Å²) in [5.74, 6) is 0.209. The van der Waals surface area contributed by atoms with Gasteiger partial charge in [-0.1, -0.05) is 17.7 Å².